The Kier molecular flexibility index (Phi) is 8.25. The highest BCUT2D eigenvalue weighted by Crippen LogP contribution is 2.76. The Morgan fingerprint density at radius 1 is 0.896 bits per heavy atom. The fraction of sp³-hybridized carbons (Fsp3) is 0.643. The molecule has 0 spiro atoms. The maximum Gasteiger partial charge on any atom is 0.335 e. The summed E-state index contributed by atoms with van der Waals surface area (Å²) < 4.78 is 0. The highest BCUT2D eigenvalue weighted by atomic mass is 16.4. The van der Waals surface area contributed by atoms with E-state index in [-0.39, 0.29) is 16.4 Å². The van der Waals surface area contributed by atoms with Gasteiger partial charge in [-0.05, 0) is 145 Å². The van der Waals surface area contributed by atoms with E-state index < -0.39 is 5.97 Å². The van der Waals surface area contributed by atoms with Crippen molar-refractivity contribution in [1.29, 1.82) is 0 Å². The summed E-state index contributed by atoms with van der Waals surface area (Å²) in [4.78, 5) is 20.3. The lowest BCUT2D eigenvalue weighted by Gasteiger charge is -2.72. The number of carboxylic acids is 1. The number of carboxylic acid groups (broad SMARTS) is 1. The largest absolute Gasteiger partial charge is 0.478 e. The molecule has 1 heterocycles. The maximum absolute atomic E-state index is 11.5. The summed E-state index contributed by atoms with van der Waals surface area (Å²) in [6.07, 6.45) is 17.5. The summed E-state index contributed by atoms with van der Waals surface area (Å²) in [6, 6.07) is 9.47. The van der Waals surface area contributed by atoms with Gasteiger partial charge in [-0.2, -0.15) is 0 Å². The van der Waals surface area contributed by atoms with Gasteiger partial charge in [-0.1, -0.05) is 65.0 Å². The van der Waals surface area contributed by atoms with Gasteiger partial charge in [0.2, 0.25) is 5.95 Å². The van der Waals surface area contributed by atoms with Crippen molar-refractivity contribution in [3.05, 3.63) is 72.1 Å². The number of hydrogen-bond acceptors (Lipinski definition) is 5. The summed E-state index contributed by atoms with van der Waals surface area (Å²) in [5.74, 6) is 3.05. The van der Waals surface area contributed by atoms with Gasteiger partial charge < -0.3 is 15.7 Å². The Morgan fingerprint density at radius 3 is 2.31 bits per heavy atom. The van der Waals surface area contributed by atoms with Crippen LogP contribution in [0.25, 0.3) is 5.57 Å². The van der Waals surface area contributed by atoms with Crippen molar-refractivity contribution in [2.45, 2.75) is 105 Å². The molecule has 6 heteroatoms. The van der Waals surface area contributed by atoms with Gasteiger partial charge in [0.25, 0.3) is 0 Å². The predicted molar refractivity (Wildman–Crippen MR) is 195 cm³/mol. The molecule has 0 saturated heterocycles. The van der Waals surface area contributed by atoms with E-state index >= 15 is 0 Å². The van der Waals surface area contributed by atoms with Crippen molar-refractivity contribution in [3.8, 4) is 0 Å². The molecule has 0 amide bonds. The van der Waals surface area contributed by atoms with Crippen molar-refractivity contribution < 1.29 is 9.90 Å². The molecule has 6 nitrogen and oxygen atoms in total. The average molecular weight is 651 g/mol. The van der Waals surface area contributed by atoms with E-state index in [2.05, 4.69) is 74.8 Å². The first-order valence-corrected chi connectivity index (χ1v) is 18.7. The number of anilines is 1. The number of fused-ring (bicyclic) bond motifs is 7. The van der Waals surface area contributed by atoms with Crippen LogP contribution < -0.4 is 10.6 Å². The molecule has 2 aromatic rings. The van der Waals surface area contributed by atoms with Gasteiger partial charge in [-0.15, -0.1) is 0 Å². The normalized spacial score (nSPS) is 39.6. The Hall–Kier alpha value is -2.99. The van der Waals surface area contributed by atoms with Gasteiger partial charge in [-0.25, -0.2) is 14.8 Å². The number of benzene rings is 1. The summed E-state index contributed by atoms with van der Waals surface area (Å²) in [5.41, 5.74) is 5.38. The first-order chi connectivity index (χ1) is 22.8. The molecule has 5 aliphatic rings. The summed E-state index contributed by atoms with van der Waals surface area (Å²) in [5, 5.41) is 17.1. The molecular weight excluding hydrogens is 592 g/mol. The van der Waals surface area contributed by atoms with Crippen LogP contribution in [-0.4, -0.2) is 39.7 Å². The lowest BCUT2D eigenvalue weighted by molar-refractivity contribution is -0.219. The van der Waals surface area contributed by atoms with Crippen LogP contribution in [0.15, 0.2) is 61.0 Å². The molecule has 3 N–H and O–H groups in total. The summed E-state index contributed by atoms with van der Waals surface area (Å²) >= 11 is 0. The first kappa shape index (κ1) is 33.5. The second kappa shape index (κ2) is 11.8. The SMILES string of the molecule is C=C(C)C1CCC2(NCCNc3ncccn3)CCC3(C)C(CCC4C5(C)CC=C(c6ccc(C(=O)O)cc6)C(C)(C)C5CCC43C)C12. The minimum Gasteiger partial charge on any atom is -0.478 e. The van der Waals surface area contributed by atoms with Crippen molar-refractivity contribution in [2.75, 3.05) is 18.4 Å². The number of aromatic nitrogens is 2. The Morgan fingerprint density at radius 2 is 1.62 bits per heavy atom. The van der Waals surface area contributed by atoms with E-state index in [0.717, 1.165) is 19.5 Å². The third-order valence-corrected chi connectivity index (χ3v) is 15.5. The molecule has 48 heavy (non-hydrogen) atoms. The van der Waals surface area contributed by atoms with E-state index in [1.807, 2.05) is 18.2 Å². The van der Waals surface area contributed by atoms with Crippen molar-refractivity contribution >= 4 is 17.5 Å². The van der Waals surface area contributed by atoms with Crippen molar-refractivity contribution in [1.82, 2.24) is 15.3 Å². The third-order valence-electron chi connectivity index (χ3n) is 15.5. The summed E-state index contributed by atoms with van der Waals surface area (Å²) in [6.45, 7) is 21.7. The average Bonchev–Trinajstić information content (AvgIpc) is 3.44. The molecular formula is C42H58N4O2. The van der Waals surface area contributed by atoms with Crippen molar-refractivity contribution in [2.24, 2.45) is 51.2 Å². The van der Waals surface area contributed by atoms with Gasteiger partial charge in [0.15, 0.2) is 0 Å². The van der Waals surface area contributed by atoms with Crippen LogP contribution in [0.2, 0.25) is 0 Å². The maximum atomic E-state index is 11.5. The van der Waals surface area contributed by atoms with Gasteiger partial charge in [0.05, 0.1) is 5.56 Å². The number of allylic oxidation sites excluding steroid dienone is 3. The Balaban J connectivity index is 1.16. The number of hydrogen-bond donors (Lipinski definition) is 3. The van der Waals surface area contributed by atoms with Gasteiger partial charge >= 0.3 is 5.97 Å². The third kappa shape index (κ3) is 4.94. The van der Waals surface area contributed by atoms with Crippen LogP contribution in [0.3, 0.4) is 0 Å². The zero-order chi connectivity index (χ0) is 34.1. The molecule has 9 atom stereocenters. The van der Waals surface area contributed by atoms with Gasteiger partial charge in [0.1, 0.15) is 0 Å². The second-order valence-electron chi connectivity index (χ2n) is 17.7. The van der Waals surface area contributed by atoms with Crippen LogP contribution in [0, 0.1) is 51.2 Å². The highest BCUT2D eigenvalue weighted by Gasteiger charge is 2.70. The number of rotatable bonds is 8. The minimum absolute atomic E-state index is 0.0256. The zero-order valence-corrected chi connectivity index (χ0v) is 30.2. The quantitative estimate of drug-likeness (QED) is 0.195. The van der Waals surface area contributed by atoms with Crippen LogP contribution >= 0.6 is 0 Å². The van der Waals surface area contributed by atoms with E-state index in [1.165, 1.54) is 68.1 Å². The highest BCUT2D eigenvalue weighted by molar-refractivity contribution is 5.88. The lowest BCUT2D eigenvalue weighted by atomic mass is 9.33. The molecule has 0 radical (unpaired) electrons. The molecule has 4 fully saturated rings. The van der Waals surface area contributed by atoms with E-state index in [4.69, 9.17) is 0 Å². The first-order valence-electron chi connectivity index (χ1n) is 18.7. The molecule has 258 valence electrons. The molecule has 4 saturated carbocycles. The molecule has 1 aromatic carbocycles. The molecule has 1 aromatic heterocycles. The smallest absolute Gasteiger partial charge is 0.335 e. The van der Waals surface area contributed by atoms with Crippen LogP contribution in [0.1, 0.15) is 115 Å². The molecule has 7 rings (SSSR count). The van der Waals surface area contributed by atoms with Crippen LogP contribution in [0.4, 0.5) is 5.95 Å². The number of nitrogens with one attached hydrogen (secondary N) is 2. The topological polar surface area (TPSA) is 87.1 Å². The Bertz CT molecular complexity index is 1580. The molecule has 0 aliphatic heterocycles. The van der Waals surface area contributed by atoms with Crippen molar-refractivity contribution in [3.63, 3.8) is 0 Å². The zero-order valence-electron chi connectivity index (χ0n) is 30.2. The summed E-state index contributed by atoms with van der Waals surface area (Å²) in [7, 11) is 0. The van der Waals surface area contributed by atoms with E-state index in [1.54, 1.807) is 24.5 Å². The predicted octanol–water partition coefficient (Wildman–Crippen LogP) is 9.28. The fourth-order valence-corrected chi connectivity index (χ4v) is 13.2. The monoisotopic (exact) mass is 650 g/mol. The van der Waals surface area contributed by atoms with Crippen LogP contribution in [-0.2, 0) is 0 Å². The van der Waals surface area contributed by atoms with Gasteiger partial charge in [-0.3, -0.25) is 0 Å². The van der Waals surface area contributed by atoms with E-state index in [9.17, 15) is 9.90 Å². The van der Waals surface area contributed by atoms with E-state index in [0.29, 0.717) is 51.9 Å². The van der Waals surface area contributed by atoms with Crippen LogP contribution in [0.5, 0.6) is 0 Å². The number of nitrogens with zero attached hydrogens (tertiary/aromatic N) is 2. The molecule has 5 aliphatic carbocycles. The number of aromatic carboxylic acids is 1. The number of carbonyl (C=O) groups is 1. The van der Waals surface area contributed by atoms with Gasteiger partial charge in [0, 0.05) is 31.0 Å². The second-order valence-corrected chi connectivity index (χ2v) is 17.7. The lowest BCUT2D eigenvalue weighted by Crippen LogP contribution is -2.68. The molecule has 0 bridgehead atoms. The minimum atomic E-state index is -0.861. The molecule has 9 unspecified atom stereocenters. The standard InChI is InChI=1S/C42H58N4O2/c1-27(2)30-15-20-42(46-26-25-45-37-43-23-8-24-44-37)22-21-40(6)32(35(30)42)13-14-34-39(5)18-16-31(28-9-11-29(12-10-28)36(47)48)38(3,4)33(39)17-19-41(34,40)7/h8-12,16,23-24,30,32-35,46H,1,13-15,17-22,25-26H2,2-7H3,(H,47,48)(H,43,44,45). The Labute approximate surface area is 288 Å². The fourth-order valence-electron chi connectivity index (χ4n) is 13.2.